The van der Waals surface area contributed by atoms with E-state index in [9.17, 15) is 12.8 Å². The molecule has 0 aliphatic carbocycles. The quantitative estimate of drug-likeness (QED) is 0.435. The van der Waals surface area contributed by atoms with E-state index in [4.69, 9.17) is 0 Å². The number of anilines is 1. The highest BCUT2D eigenvalue weighted by Crippen LogP contribution is 2.40. The lowest BCUT2D eigenvalue weighted by Crippen LogP contribution is -2.36. The van der Waals surface area contributed by atoms with Crippen LogP contribution in [0.4, 0.5) is 10.1 Å². The average molecular weight is 440 g/mol. The maximum absolute atomic E-state index is 13.7. The van der Waals surface area contributed by atoms with Crippen LogP contribution in [-0.2, 0) is 17.1 Å². The summed E-state index contributed by atoms with van der Waals surface area (Å²) in [6.07, 6.45) is 1.41. The fraction of sp³-hybridized carbons (Fsp3) is 0.136. The Bertz CT molecular complexity index is 1380. The van der Waals surface area contributed by atoms with Crippen LogP contribution < -0.4 is 4.31 Å². The molecule has 0 atom stereocenters. The van der Waals surface area contributed by atoms with Crippen molar-refractivity contribution < 1.29 is 12.8 Å². The van der Waals surface area contributed by atoms with E-state index in [0.29, 0.717) is 23.5 Å². The van der Waals surface area contributed by atoms with Crippen molar-refractivity contribution in [1.29, 1.82) is 0 Å². The van der Waals surface area contributed by atoms with Crippen LogP contribution in [0.2, 0.25) is 0 Å². The number of thioether (sulfide) groups is 1. The molecular formula is C22H18FN3O2S2. The summed E-state index contributed by atoms with van der Waals surface area (Å²) in [7, 11) is -2.01. The minimum absolute atomic E-state index is 0.252. The normalized spacial score (nSPS) is 14.1. The summed E-state index contributed by atoms with van der Waals surface area (Å²) in [5.41, 5.74) is 2.88. The first-order chi connectivity index (χ1) is 14.4. The number of para-hydroxylation sites is 1. The smallest absolute Gasteiger partial charge is 0.280 e. The number of rotatable bonds is 3. The zero-order valence-electron chi connectivity index (χ0n) is 16.1. The largest absolute Gasteiger partial charge is 0.333 e. The van der Waals surface area contributed by atoms with Gasteiger partial charge in [-0.15, -0.1) is 11.8 Å². The maximum Gasteiger partial charge on any atom is 0.280 e. The Morgan fingerprint density at radius 3 is 2.63 bits per heavy atom. The molecule has 0 fully saturated rings. The van der Waals surface area contributed by atoms with Crippen LogP contribution in [-0.4, -0.2) is 30.3 Å². The van der Waals surface area contributed by atoms with Crippen molar-refractivity contribution in [2.24, 2.45) is 7.05 Å². The van der Waals surface area contributed by atoms with Crippen molar-refractivity contribution in [2.75, 3.05) is 16.6 Å². The van der Waals surface area contributed by atoms with Gasteiger partial charge in [0, 0.05) is 47.4 Å². The standard InChI is InChI=1S/C22H18FN3O2S2/c1-25-18-5-3-2-4-17(18)14-22(25)30(27,28)26-10-11-29-20-7-6-15(12-19(20)26)16-8-9-24-21(23)13-16/h2-9,12-14H,10-11H2,1H3. The number of halogens is 1. The van der Waals surface area contributed by atoms with Gasteiger partial charge in [0.1, 0.15) is 0 Å². The number of fused-ring (bicyclic) bond motifs is 2. The van der Waals surface area contributed by atoms with Gasteiger partial charge in [-0.25, -0.2) is 4.98 Å². The number of aromatic nitrogens is 2. The third-order valence-electron chi connectivity index (χ3n) is 5.30. The highest BCUT2D eigenvalue weighted by molar-refractivity contribution is 8.00. The first kappa shape index (κ1) is 19.1. The Hall–Kier alpha value is -2.84. The van der Waals surface area contributed by atoms with Crippen LogP contribution in [0, 0.1) is 5.95 Å². The van der Waals surface area contributed by atoms with E-state index in [2.05, 4.69) is 4.98 Å². The molecule has 2 aromatic heterocycles. The minimum Gasteiger partial charge on any atom is -0.333 e. The lowest BCUT2D eigenvalue weighted by Gasteiger charge is -2.30. The van der Waals surface area contributed by atoms with Crippen molar-refractivity contribution in [1.82, 2.24) is 9.55 Å². The molecule has 0 saturated carbocycles. The summed E-state index contributed by atoms with van der Waals surface area (Å²) in [4.78, 5) is 4.49. The molecule has 30 heavy (non-hydrogen) atoms. The maximum atomic E-state index is 13.7. The lowest BCUT2D eigenvalue weighted by atomic mass is 10.1. The zero-order valence-corrected chi connectivity index (χ0v) is 17.8. The Morgan fingerprint density at radius 2 is 1.83 bits per heavy atom. The van der Waals surface area contributed by atoms with Gasteiger partial charge in [0.05, 0.1) is 5.69 Å². The molecular weight excluding hydrogens is 421 g/mol. The second-order valence-corrected chi connectivity index (χ2v) is 10.0. The van der Waals surface area contributed by atoms with Crippen LogP contribution in [0.1, 0.15) is 0 Å². The summed E-state index contributed by atoms with van der Waals surface area (Å²) < 4.78 is 44.1. The average Bonchev–Trinajstić information content (AvgIpc) is 3.10. The molecule has 8 heteroatoms. The van der Waals surface area contributed by atoms with Crippen molar-refractivity contribution >= 4 is 38.4 Å². The fourth-order valence-electron chi connectivity index (χ4n) is 3.83. The molecule has 0 spiro atoms. The van der Waals surface area contributed by atoms with E-state index in [0.717, 1.165) is 21.4 Å². The number of aryl methyl sites for hydroxylation is 1. The van der Waals surface area contributed by atoms with Crippen LogP contribution in [0.3, 0.4) is 0 Å². The predicted octanol–water partition coefficient (Wildman–Crippen LogP) is 4.68. The molecule has 0 N–H and O–H groups in total. The molecule has 0 radical (unpaired) electrons. The minimum atomic E-state index is -3.78. The van der Waals surface area contributed by atoms with Gasteiger partial charge in [-0.05, 0) is 41.5 Å². The van der Waals surface area contributed by atoms with Crippen molar-refractivity contribution in [3.8, 4) is 11.1 Å². The van der Waals surface area contributed by atoms with Gasteiger partial charge in [-0.2, -0.15) is 12.8 Å². The van der Waals surface area contributed by atoms with Gasteiger partial charge in [-0.3, -0.25) is 4.31 Å². The van der Waals surface area contributed by atoms with E-state index in [1.165, 1.54) is 16.6 Å². The molecule has 3 heterocycles. The van der Waals surface area contributed by atoms with Crippen molar-refractivity contribution in [2.45, 2.75) is 9.92 Å². The Morgan fingerprint density at radius 1 is 1.03 bits per heavy atom. The first-order valence-electron chi connectivity index (χ1n) is 9.41. The van der Waals surface area contributed by atoms with Crippen LogP contribution >= 0.6 is 11.8 Å². The van der Waals surface area contributed by atoms with Crippen molar-refractivity contribution in [3.05, 3.63) is 72.8 Å². The molecule has 2 aromatic carbocycles. The molecule has 5 nitrogen and oxygen atoms in total. The second kappa shape index (κ2) is 7.14. The van der Waals surface area contributed by atoms with E-state index >= 15 is 0 Å². The molecule has 0 bridgehead atoms. The van der Waals surface area contributed by atoms with E-state index < -0.39 is 16.0 Å². The molecule has 0 unspecified atom stereocenters. The number of nitrogens with zero attached hydrogens (tertiary/aromatic N) is 3. The number of hydrogen-bond acceptors (Lipinski definition) is 4. The van der Waals surface area contributed by atoms with Gasteiger partial charge in [-0.1, -0.05) is 24.3 Å². The highest BCUT2D eigenvalue weighted by atomic mass is 32.2. The SMILES string of the molecule is Cn1c(S(=O)(=O)N2CCSc3ccc(-c4ccnc(F)c4)cc32)cc2ccccc21. The molecule has 0 saturated heterocycles. The van der Waals surface area contributed by atoms with E-state index in [1.54, 1.807) is 35.5 Å². The Balaban J connectivity index is 1.64. The third kappa shape index (κ3) is 3.07. The Labute approximate surface area is 178 Å². The van der Waals surface area contributed by atoms with E-state index in [-0.39, 0.29) is 5.03 Å². The number of hydrogen-bond donors (Lipinski definition) is 0. The van der Waals surface area contributed by atoms with Gasteiger partial charge in [0.15, 0.2) is 5.03 Å². The van der Waals surface area contributed by atoms with E-state index in [1.807, 2.05) is 42.5 Å². The topological polar surface area (TPSA) is 55.2 Å². The van der Waals surface area contributed by atoms with Gasteiger partial charge in [0.25, 0.3) is 10.0 Å². The number of pyridine rings is 1. The lowest BCUT2D eigenvalue weighted by molar-refractivity contribution is 0.582. The van der Waals surface area contributed by atoms with Crippen LogP contribution in [0.5, 0.6) is 0 Å². The van der Waals surface area contributed by atoms with Gasteiger partial charge >= 0.3 is 0 Å². The van der Waals surface area contributed by atoms with Crippen LogP contribution in [0.25, 0.3) is 22.0 Å². The summed E-state index contributed by atoms with van der Waals surface area (Å²) >= 11 is 1.62. The summed E-state index contributed by atoms with van der Waals surface area (Å²) in [5, 5.41) is 1.13. The monoisotopic (exact) mass is 439 g/mol. The van der Waals surface area contributed by atoms with Crippen molar-refractivity contribution in [3.63, 3.8) is 0 Å². The number of benzene rings is 2. The molecule has 0 amide bonds. The Kier molecular flexibility index (Phi) is 4.56. The first-order valence-corrected chi connectivity index (χ1v) is 11.8. The molecule has 1 aliphatic rings. The predicted molar refractivity (Wildman–Crippen MR) is 118 cm³/mol. The summed E-state index contributed by atoms with van der Waals surface area (Å²) in [6, 6.07) is 18.0. The van der Waals surface area contributed by atoms with Crippen LogP contribution in [0.15, 0.2) is 76.8 Å². The molecule has 5 rings (SSSR count). The number of sulfonamides is 1. The third-order valence-corrected chi connectivity index (χ3v) is 8.22. The second-order valence-electron chi connectivity index (χ2n) is 7.08. The zero-order chi connectivity index (χ0) is 20.9. The van der Waals surface area contributed by atoms with Gasteiger partial charge < -0.3 is 4.57 Å². The van der Waals surface area contributed by atoms with Gasteiger partial charge in [0.2, 0.25) is 5.95 Å². The summed E-state index contributed by atoms with van der Waals surface area (Å²) in [6.45, 7) is 0.371. The summed E-state index contributed by atoms with van der Waals surface area (Å²) in [5.74, 6) is 0.0962. The highest BCUT2D eigenvalue weighted by Gasteiger charge is 2.32. The molecule has 152 valence electrons. The molecule has 1 aliphatic heterocycles. The molecule has 4 aromatic rings. The fourth-order valence-corrected chi connectivity index (χ4v) is 6.66.